The van der Waals surface area contributed by atoms with Gasteiger partial charge in [-0.15, -0.1) is 11.3 Å². The fraction of sp³-hybridized carbons (Fsp3) is 0.500. The van der Waals surface area contributed by atoms with Gasteiger partial charge in [0.25, 0.3) is 0 Å². The highest BCUT2D eigenvalue weighted by atomic mass is 32.1. The minimum atomic E-state index is -0.852. The van der Waals surface area contributed by atoms with Crippen LogP contribution in [0, 0.1) is 6.92 Å². The van der Waals surface area contributed by atoms with E-state index < -0.39 is 11.4 Å². The number of anilines is 1. The number of carboxylic acid groups (broad SMARTS) is 1. The van der Waals surface area contributed by atoms with Crippen LogP contribution in [-0.2, 0) is 10.2 Å². The second-order valence-corrected chi connectivity index (χ2v) is 4.91. The predicted octanol–water partition coefficient (Wildman–Crippen LogP) is 2.39. The largest absolute Gasteiger partial charge is 0.481 e. The van der Waals surface area contributed by atoms with Gasteiger partial charge in [0.05, 0.1) is 10.4 Å². The Balaban J connectivity index is 3.25. The molecule has 0 radical (unpaired) electrons. The van der Waals surface area contributed by atoms with Crippen LogP contribution in [0.2, 0.25) is 0 Å². The normalized spacial score (nSPS) is 15.1. The van der Waals surface area contributed by atoms with E-state index in [0.717, 1.165) is 10.4 Å². The topological polar surface area (TPSA) is 63.3 Å². The molecule has 14 heavy (non-hydrogen) atoms. The highest BCUT2D eigenvalue weighted by molar-refractivity contribution is 7.16. The van der Waals surface area contributed by atoms with Gasteiger partial charge in [-0.1, -0.05) is 6.92 Å². The number of aliphatic carboxylic acids is 1. The zero-order chi connectivity index (χ0) is 10.9. The van der Waals surface area contributed by atoms with E-state index in [4.69, 9.17) is 10.8 Å². The Bertz CT molecular complexity index is 359. The Morgan fingerprint density at radius 3 is 2.57 bits per heavy atom. The molecular formula is C10H15NO2S. The van der Waals surface area contributed by atoms with E-state index in [0.29, 0.717) is 11.4 Å². The molecule has 0 saturated carbocycles. The molecule has 3 N–H and O–H groups in total. The maximum atomic E-state index is 11.2. The smallest absolute Gasteiger partial charge is 0.313 e. The predicted molar refractivity (Wildman–Crippen MR) is 58.7 cm³/mol. The second-order valence-electron chi connectivity index (χ2n) is 3.63. The van der Waals surface area contributed by atoms with Crippen molar-refractivity contribution >= 4 is 22.3 Å². The van der Waals surface area contributed by atoms with Crippen LogP contribution in [0.3, 0.4) is 0 Å². The van der Waals surface area contributed by atoms with Crippen LogP contribution in [0.25, 0.3) is 0 Å². The van der Waals surface area contributed by atoms with Crippen LogP contribution in [0.5, 0.6) is 0 Å². The maximum absolute atomic E-state index is 11.2. The molecule has 0 bridgehead atoms. The Morgan fingerprint density at radius 1 is 1.71 bits per heavy atom. The molecule has 0 amide bonds. The van der Waals surface area contributed by atoms with E-state index in [1.54, 1.807) is 6.92 Å². The van der Waals surface area contributed by atoms with Crippen molar-refractivity contribution < 1.29 is 9.90 Å². The number of carboxylic acids is 1. The molecule has 78 valence electrons. The summed E-state index contributed by atoms with van der Waals surface area (Å²) in [6.45, 7) is 5.51. The lowest BCUT2D eigenvalue weighted by molar-refractivity contribution is -0.143. The van der Waals surface area contributed by atoms with Crippen molar-refractivity contribution in [1.82, 2.24) is 0 Å². The molecule has 1 aromatic rings. The molecule has 0 aliphatic heterocycles. The van der Waals surface area contributed by atoms with Crippen LogP contribution in [0.4, 0.5) is 5.00 Å². The van der Waals surface area contributed by atoms with Crippen molar-refractivity contribution in [2.45, 2.75) is 32.6 Å². The van der Waals surface area contributed by atoms with Crippen molar-refractivity contribution in [1.29, 1.82) is 0 Å². The Labute approximate surface area is 87.6 Å². The SMILES string of the molecule is CCC(C)(C(=O)O)c1cc(C)sc1N. The summed E-state index contributed by atoms with van der Waals surface area (Å²) in [5.41, 5.74) is 5.69. The van der Waals surface area contributed by atoms with Gasteiger partial charge in [-0.3, -0.25) is 4.79 Å². The van der Waals surface area contributed by atoms with Gasteiger partial charge in [-0.05, 0) is 26.3 Å². The fourth-order valence-electron chi connectivity index (χ4n) is 1.42. The zero-order valence-electron chi connectivity index (χ0n) is 8.63. The summed E-state index contributed by atoms with van der Waals surface area (Å²) >= 11 is 1.44. The quantitative estimate of drug-likeness (QED) is 0.810. The van der Waals surface area contributed by atoms with E-state index in [9.17, 15) is 4.79 Å². The highest BCUT2D eigenvalue weighted by Gasteiger charge is 2.35. The summed E-state index contributed by atoms with van der Waals surface area (Å²) in [4.78, 5) is 12.2. The van der Waals surface area contributed by atoms with Crippen molar-refractivity contribution in [3.8, 4) is 0 Å². The monoisotopic (exact) mass is 213 g/mol. The van der Waals surface area contributed by atoms with Gasteiger partial charge in [0.1, 0.15) is 0 Å². The van der Waals surface area contributed by atoms with Gasteiger partial charge in [0, 0.05) is 10.4 Å². The standard InChI is InChI=1S/C10H15NO2S/c1-4-10(3,9(12)13)7-5-6(2)14-8(7)11/h5H,4,11H2,1-3H3,(H,12,13). The van der Waals surface area contributed by atoms with Crippen molar-refractivity contribution in [3.05, 3.63) is 16.5 Å². The number of aryl methyl sites for hydroxylation is 1. The molecule has 0 aliphatic rings. The van der Waals surface area contributed by atoms with Gasteiger partial charge < -0.3 is 10.8 Å². The zero-order valence-corrected chi connectivity index (χ0v) is 9.44. The Morgan fingerprint density at radius 2 is 2.29 bits per heavy atom. The molecular weight excluding hydrogens is 198 g/mol. The van der Waals surface area contributed by atoms with E-state index >= 15 is 0 Å². The summed E-state index contributed by atoms with van der Waals surface area (Å²) < 4.78 is 0. The first kappa shape index (κ1) is 11.0. The number of hydrogen-bond acceptors (Lipinski definition) is 3. The van der Waals surface area contributed by atoms with E-state index in [1.165, 1.54) is 11.3 Å². The first-order chi connectivity index (χ1) is 6.41. The number of nitrogens with two attached hydrogens (primary N) is 1. The average Bonchev–Trinajstić information content (AvgIpc) is 2.44. The van der Waals surface area contributed by atoms with E-state index in [1.807, 2.05) is 19.9 Å². The number of rotatable bonds is 3. The second kappa shape index (κ2) is 3.61. The van der Waals surface area contributed by atoms with Crippen molar-refractivity contribution in [3.63, 3.8) is 0 Å². The summed E-state index contributed by atoms with van der Waals surface area (Å²) in [5, 5.41) is 9.79. The lowest BCUT2D eigenvalue weighted by Crippen LogP contribution is -2.31. The fourth-order valence-corrected chi connectivity index (χ4v) is 2.34. The molecule has 0 spiro atoms. The number of nitrogen functional groups attached to an aromatic ring is 1. The van der Waals surface area contributed by atoms with Gasteiger partial charge in [-0.25, -0.2) is 0 Å². The van der Waals surface area contributed by atoms with Gasteiger partial charge in [0.2, 0.25) is 0 Å². The van der Waals surface area contributed by atoms with E-state index in [-0.39, 0.29) is 0 Å². The third kappa shape index (κ3) is 1.62. The molecule has 0 fully saturated rings. The molecule has 4 heteroatoms. The number of carbonyl (C=O) groups is 1. The summed E-state index contributed by atoms with van der Waals surface area (Å²) in [6.07, 6.45) is 0.544. The van der Waals surface area contributed by atoms with Gasteiger partial charge >= 0.3 is 5.97 Å². The van der Waals surface area contributed by atoms with Crippen LogP contribution in [0.1, 0.15) is 30.7 Å². The minimum absolute atomic E-state index is 0.544. The molecule has 0 saturated heterocycles. The average molecular weight is 213 g/mol. The number of hydrogen-bond donors (Lipinski definition) is 2. The van der Waals surface area contributed by atoms with Gasteiger partial charge in [0.15, 0.2) is 0 Å². The Hall–Kier alpha value is -1.03. The van der Waals surface area contributed by atoms with Gasteiger partial charge in [-0.2, -0.15) is 0 Å². The highest BCUT2D eigenvalue weighted by Crippen LogP contribution is 2.37. The molecule has 0 aromatic carbocycles. The summed E-state index contributed by atoms with van der Waals surface area (Å²) in [5.74, 6) is -0.815. The molecule has 1 unspecified atom stereocenters. The minimum Gasteiger partial charge on any atom is -0.481 e. The lowest BCUT2D eigenvalue weighted by atomic mass is 9.81. The van der Waals surface area contributed by atoms with Crippen LogP contribution in [-0.4, -0.2) is 11.1 Å². The molecule has 3 nitrogen and oxygen atoms in total. The molecule has 1 atom stereocenters. The third-order valence-corrected chi connectivity index (χ3v) is 3.54. The van der Waals surface area contributed by atoms with Crippen molar-refractivity contribution in [2.75, 3.05) is 5.73 Å². The molecule has 1 rings (SSSR count). The summed E-state index contributed by atoms with van der Waals surface area (Å²) in [6, 6.07) is 1.87. The molecule has 1 aromatic heterocycles. The first-order valence-corrected chi connectivity index (χ1v) is 5.33. The summed E-state index contributed by atoms with van der Waals surface area (Å²) in [7, 11) is 0. The van der Waals surface area contributed by atoms with Crippen LogP contribution < -0.4 is 5.73 Å². The van der Waals surface area contributed by atoms with Crippen LogP contribution in [0.15, 0.2) is 6.07 Å². The first-order valence-electron chi connectivity index (χ1n) is 4.51. The van der Waals surface area contributed by atoms with E-state index in [2.05, 4.69) is 0 Å². The maximum Gasteiger partial charge on any atom is 0.313 e. The third-order valence-electron chi connectivity index (χ3n) is 2.66. The Kier molecular flexibility index (Phi) is 2.85. The van der Waals surface area contributed by atoms with Crippen molar-refractivity contribution in [2.24, 2.45) is 0 Å². The molecule has 0 aliphatic carbocycles. The lowest BCUT2D eigenvalue weighted by Gasteiger charge is -2.22. The number of thiophene rings is 1. The molecule has 1 heterocycles. The van der Waals surface area contributed by atoms with Crippen LogP contribution >= 0.6 is 11.3 Å².